The van der Waals surface area contributed by atoms with Crippen LogP contribution in [0.5, 0.6) is 0 Å². The van der Waals surface area contributed by atoms with Gasteiger partial charge in [0, 0.05) is 24.7 Å². The Bertz CT molecular complexity index is 638. The van der Waals surface area contributed by atoms with Gasteiger partial charge in [-0.2, -0.15) is 0 Å². The standard InChI is InChI=1S/C19H25N3O2/c20-17(23)6-5-15-3-1-2-4-16(15)18(24)22-13-9-19(10-14-22)7-11-21-12-8-19/h1-6,21H,7-14H2,(H2,20,23). The van der Waals surface area contributed by atoms with Gasteiger partial charge in [-0.3, -0.25) is 9.59 Å². The van der Waals surface area contributed by atoms with Crippen molar-refractivity contribution in [3.05, 3.63) is 41.5 Å². The van der Waals surface area contributed by atoms with Gasteiger partial charge in [0.1, 0.15) is 0 Å². The van der Waals surface area contributed by atoms with E-state index in [1.165, 1.54) is 18.9 Å². The van der Waals surface area contributed by atoms with Gasteiger partial charge in [0.2, 0.25) is 5.91 Å². The van der Waals surface area contributed by atoms with Crippen LogP contribution in [-0.4, -0.2) is 42.9 Å². The number of amides is 2. The highest BCUT2D eigenvalue weighted by Gasteiger charge is 2.36. The van der Waals surface area contributed by atoms with Crippen LogP contribution in [0, 0.1) is 5.41 Å². The van der Waals surface area contributed by atoms with Gasteiger partial charge in [-0.05, 0) is 61.9 Å². The second-order valence-electron chi connectivity index (χ2n) is 6.87. The third-order valence-electron chi connectivity index (χ3n) is 5.39. The first-order valence-electron chi connectivity index (χ1n) is 8.66. The second-order valence-corrected chi connectivity index (χ2v) is 6.87. The quantitative estimate of drug-likeness (QED) is 0.831. The fraction of sp³-hybridized carbons (Fsp3) is 0.474. The number of likely N-dealkylation sites (tertiary alicyclic amines) is 1. The van der Waals surface area contributed by atoms with Crippen molar-refractivity contribution >= 4 is 17.9 Å². The van der Waals surface area contributed by atoms with E-state index in [-0.39, 0.29) is 5.91 Å². The Morgan fingerprint density at radius 2 is 1.75 bits per heavy atom. The first-order valence-corrected chi connectivity index (χ1v) is 8.66. The average Bonchev–Trinajstić information content (AvgIpc) is 2.61. The van der Waals surface area contributed by atoms with E-state index in [0.29, 0.717) is 11.0 Å². The number of hydrogen-bond donors (Lipinski definition) is 2. The third kappa shape index (κ3) is 3.67. The summed E-state index contributed by atoms with van der Waals surface area (Å²) in [5, 5.41) is 3.42. The second kappa shape index (κ2) is 7.18. The normalized spacial score (nSPS) is 20.4. The maximum atomic E-state index is 12.9. The highest BCUT2D eigenvalue weighted by atomic mass is 16.2. The molecule has 24 heavy (non-hydrogen) atoms. The van der Waals surface area contributed by atoms with Crippen LogP contribution in [0.25, 0.3) is 6.08 Å². The summed E-state index contributed by atoms with van der Waals surface area (Å²) in [6, 6.07) is 7.37. The van der Waals surface area contributed by atoms with E-state index in [2.05, 4.69) is 5.32 Å². The summed E-state index contributed by atoms with van der Waals surface area (Å²) in [4.78, 5) is 25.8. The molecule has 2 saturated heterocycles. The van der Waals surface area contributed by atoms with Crippen molar-refractivity contribution in [2.75, 3.05) is 26.2 Å². The predicted octanol–water partition coefficient (Wildman–Crippen LogP) is 1.79. The van der Waals surface area contributed by atoms with Crippen LogP contribution in [0.15, 0.2) is 30.3 Å². The Kier molecular flexibility index (Phi) is 5.00. The molecule has 1 spiro atoms. The Hall–Kier alpha value is -2.14. The molecule has 2 fully saturated rings. The minimum Gasteiger partial charge on any atom is -0.366 e. The van der Waals surface area contributed by atoms with Gasteiger partial charge in [-0.15, -0.1) is 0 Å². The topological polar surface area (TPSA) is 75.4 Å². The summed E-state index contributed by atoms with van der Waals surface area (Å²) < 4.78 is 0. The van der Waals surface area contributed by atoms with Crippen molar-refractivity contribution in [2.24, 2.45) is 11.1 Å². The average molecular weight is 327 g/mol. The molecule has 5 nitrogen and oxygen atoms in total. The molecule has 0 unspecified atom stereocenters. The number of nitrogens with one attached hydrogen (secondary N) is 1. The van der Waals surface area contributed by atoms with Crippen LogP contribution in [0.2, 0.25) is 0 Å². The minimum absolute atomic E-state index is 0.0449. The number of primary amides is 1. The highest BCUT2D eigenvalue weighted by Crippen LogP contribution is 2.39. The van der Waals surface area contributed by atoms with Gasteiger partial charge in [0.05, 0.1) is 0 Å². The summed E-state index contributed by atoms with van der Waals surface area (Å²) >= 11 is 0. The summed E-state index contributed by atoms with van der Waals surface area (Å²) in [7, 11) is 0. The van der Waals surface area contributed by atoms with Crippen LogP contribution < -0.4 is 11.1 Å². The molecule has 3 N–H and O–H groups in total. The smallest absolute Gasteiger partial charge is 0.254 e. The minimum atomic E-state index is -0.511. The first-order chi connectivity index (χ1) is 11.6. The van der Waals surface area contributed by atoms with E-state index in [0.717, 1.165) is 44.6 Å². The van der Waals surface area contributed by atoms with E-state index >= 15 is 0 Å². The van der Waals surface area contributed by atoms with Crippen molar-refractivity contribution < 1.29 is 9.59 Å². The number of nitrogens with zero attached hydrogens (tertiary/aromatic N) is 1. The Morgan fingerprint density at radius 3 is 2.42 bits per heavy atom. The van der Waals surface area contributed by atoms with E-state index in [4.69, 9.17) is 5.73 Å². The number of rotatable bonds is 3. The molecule has 128 valence electrons. The van der Waals surface area contributed by atoms with Crippen molar-refractivity contribution in [2.45, 2.75) is 25.7 Å². The molecule has 0 atom stereocenters. The molecule has 0 radical (unpaired) electrons. The zero-order valence-electron chi connectivity index (χ0n) is 14.0. The number of nitrogens with two attached hydrogens (primary N) is 1. The Labute approximate surface area is 142 Å². The zero-order valence-corrected chi connectivity index (χ0v) is 14.0. The van der Waals surface area contributed by atoms with Crippen molar-refractivity contribution in [3.8, 4) is 0 Å². The molecule has 2 heterocycles. The van der Waals surface area contributed by atoms with Crippen LogP contribution in [0.1, 0.15) is 41.6 Å². The summed E-state index contributed by atoms with van der Waals surface area (Å²) in [5.41, 5.74) is 6.96. The van der Waals surface area contributed by atoms with Crippen LogP contribution in [0.3, 0.4) is 0 Å². The van der Waals surface area contributed by atoms with Gasteiger partial charge in [-0.1, -0.05) is 18.2 Å². The molecule has 3 rings (SSSR count). The number of hydrogen-bond acceptors (Lipinski definition) is 3. The van der Waals surface area contributed by atoms with Gasteiger partial charge in [0.25, 0.3) is 5.91 Å². The maximum Gasteiger partial charge on any atom is 0.254 e. The molecule has 1 aromatic rings. The van der Waals surface area contributed by atoms with E-state index in [1.807, 2.05) is 29.2 Å². The van der Waals surface area contributed by atoms with Crippen molar-refractivity contribution in [1.29, 1.82) is 0 Å². The summed E-state index contributed by atoms with van der Waals surface area (Å²) in [6.45, 7) is 3.81. The molecule has 2 amide bonds. The fourth-order valence-corrected chi connectivity index (χ4v) is 3.82. The number of carbonyl (C=O) groups is 2. The molecule has 0 saturated carbocycles. The zero-order chi connectivity index (χ0) is 17.0. The number of piperidine rings is 2. The van der Waals surface area contributed by atoms with E-state index in [9.17, 15) is 9.59 Å². The van der Waals surface area contributed by atoms with Gasteiger partial charge in [0.15, 0.2) is 0 Å². The molecule has 1 aromatic carbocycles. The number of carbonyl (C=O) groups excluding carboxylic acids is 2. The van der Waals surface area contributed by atoms with E-state index < -0.39 is 5.91 Å². The van der Waals surface area contributed by atoms with E-state index in [1.54, 1.807) is 6.08 Å². The molecule has 5 heteroatoms. The highest BCUT2D eigenvalue weighted by molar-refractivity contribution is 5.99. The SMILES string of the molecule is NC(=O)C=Cc1ccccc1C(=O)N1CCC2(CCNCC2)CC1. The van der Waals surface area contributed by atoms with Gasteiger partial charge >= 0.3 is 0 Å². The third-order valence-corrected chi connectivity index (χ3v) is 5.39. The Balaban J connectivity index is 1.70. The lowest BCUT2D eigenvalue weighted by molar-refractivity contribution is -0.113. The Morgan fingerprint density at radius 1 is 1.08 bits per heavy atom. The molecule has 0 bridgehead atoms. The van der Waals surface area contributed by atoms with Crippen LogP contribution in [0.4, 0.5) is 0 Å². The van der Waals surface area contributed by atoms with Crippen LogP contribution >= 0.6 is 0 Å². The van der Waals surface area contributed by atoms with Gasteiger partial charge in [-0.25, -0.2) is 0 Å². The largest absolute Gasteiger partial charge is 0.366 e. The lowest BCUT2D eigenvalue weighted by Crippen LogP contribution is -2.47. The molecule has 0 aliphatic carbocycles. The fourth-order valence-electron chi connectivity index (χ4n) is 3.82. The molecule has 2 aliphatic heterocycles. The number of benzene rings is 1. The molecular weight excluding hydrogens is 302 g/mol. The lowest BCUT2D eigenvalue weighted by atomic mass is 9.71. The van der Waals surface area contributed by atoms with Crippen molar-refractivity contribution in [3.63, 3.8) is 0 Å². The molecular formula is C19H25N3O2. The molecule has 0 aromatic heterocycles. The van der Waals surface area contributed by atoms with Gasteiger partial charge < -0.3 is 16.0 Å². The maximum absolute atomic E-state index is 12.9. The monoisotopic (exact) mass is 327 g/mol. The lowest BCUT2D eigenvalue weighted by Gasteiger charge is -2.44. The summed E-state index contributed by atoms with van der Waals surface area (Å²) in [6.07, 6.45) is 7.51. The molecule has 2 aliphatic rings. The predicted molar refractivity (Wildman–Crippen MR) is 94.3 cm³/mol. The summed E-state index contributed by atoms with van der Waals surface area (Å²) in [5.74, 6) is -0.466. The first kappa shape index (κ1) is 16.7. The van der Waals surface area contributed by atoms with Crippen molar-refractivity contribution in [1.82, 2.24) is 10.2 Å². The van der Waals surface area contributed by atoms with Crippen LogP contribution in [-0.2, 0) is 4.79 Å².